The van der Waals surface area contributed by atoms with Crippen molar-refractivity contribution in [2.45, 2.75) is 45.6 Å². The molecule has 1 amide bonds. The van der Waals surface area contributed by atoms with Crippen molar-refractivity contribution >= 4 is 27.7 Å². The van der Waals surface area contributed by atoms with E-state index in [1.165, 1.54) is 0 Å². The molecule has 0 aromatic carbocycles. The lowest BCUT2D eigenvalue weighted by Crippen LogP contribution is -2.29. The highest BCUT2D eigenvalue weighted by Crippen LogP contribution is 2.38. The summed E-state index contributed by atoms with van der Waals surface area (Å²) in [6.07, 6.45) is 9.14. The number of carbonyl (C=O) groups is 1. The molecule has 1 unspecified atom stereocenters. The van der Waals surface area contributed by atoms with Crippen LogP contribution in [-0.2, 0) is 11.8 Å². The lowest BCUT2D eigenvalue weighted by molar-refractivity contribution is 0.0783. The van der Waals surface area contributed by atoms with Crippen LogP contribution in [0, 0.1) is 13.8 Å². The van der Waals surface area contributed by atoms with Gasteiger partial charge in [0.05, 0.1) is 41.3 Å². The molecule has 5 aromatic heterocycles. The second-order valence-corrected chi connectivity index (χ2v) is 11.0. The molecule has 0 radical (unpaired) electrons. The fourth-order valence-corrected chi connectivity index (χ4v) is 6.44. The number of methoxy groups -OCH3 is 1. The predicted octanol–water partition coefficient (Wildman–Crippen LogP) is 5.08. The van der Waals surface area contributed by atoms with E-state index < -0.39 is 0 Å². The summed E-state index contributed by atoms with van der Waals surface area (Å²) in [6.45, 7) is 6.33. The molecule has 2 aliphatic heterocycles. The third-order valence-corrected chi connectivity index (χ3v) is 8.52. The maximum Gasteiger partial charge on any atom is 0.270 e. The predicted molar refractivity (Wildman–Crippen MR) is 155 cm³/mol. The summed E-state index contributed by atoms with van der Waals surface area (Å²) in [4.78, 5) is 30.0. The highest BCUT2D eigenvalue weighted by molar-refractivity contribution is 6.03. The van der Waals surface area contributed by atoms with Crippen molar-refractivity contribution in [3.63, 3.8) is 0 Å². The number of fused-ring (bicyclic) bond motifs is 2. The number of amides is 1. The van der Waals surface area contributed by atoms with E-state index in [0.29, 0.717) is 18.2 Å². The minimum absolute atomic E-state index is 0.0832. The van der Waals surface area contributed by atoms with Gasteiger partial charge >= 0.3 is 0 Å². The van der Waals surface area contributed by atoms with Crippen LogP contribution in [0.2, 0.25) is 0 Å². The van der Waals surface area contributed by atoms with E-state index in [9.17, 15) is 4.79 Å². The van der Waals surface area contributed by atoms with Gasteiger partial charge in [0.1, 0.15) is 17.5 Å². The fourth-order valence-electron chi connectivity index (χ4n) is 6.44. The van der Waals surface area contributed by atoms with Crippen molar-refractivity contribution < 1.29 is 14.3 Å². The Morgan fingerprint density at radius 2 is 1.90 bits per heavy atom. The molecule has 0 N–H and O–H groups in total. The number of pyridine rings is 3. The van der Waals surface area contributed by atoms with Crippen molar-refractivity contribution in [1.29, 1.82) is 0 Å². The van der Waals surface area contributed by atoms with Crippen molar-refractivity contribution in [3.8, 4) is 22.8 Å². The first-order valence-corrected chi connectivity index (χ1v) is 14.2. The topological polar surface area (TPSA) is 100 Å². The molecule has 0 bridgehead atoms. The molecule has 41 heavy (non-hydrogen) atoms. The third kappa shape index (κ3) is 4.08. The average Bonchev–Trinajstić information content (AvgIpc) is 3.80. The lowest BCUT2D eigenvalue weighted by Gasteiger charge is -2.16. The number of hydrogen-bond acceptors (Lipinski definition) is 7. The van der Waals surface area contributed by atoms with Crippen LogP contribution in [0.15, 0.2) is 36.8 Å². The first-order chi connectivity index (χ1) is 20.0. The first kappa shape index (κ1) is 25.6. The first-order valence-electron chi connectivity index (χ1n) is 14.2. The van der Waals surface area contributed by atoms with Crippen molar-refractivity contribution in [2.75, 3.05) is 26.8 Å². The zero-order valence-electron chi connectivity index (χ0n) is 23.8. The van der Waals surface area contributed by atoms with Gasteiger partial charge in [-0.1, -0.05) is 0 Å². The lowest BCUT2D eigenvalue weighted by atomic mass is 10.0. The Hall–Kier alpha value is -4.31. The summed E-state index contributed by atoms with van der Waals surface area (Å²) in [7, 11) is 3.62. The highest BCUT2D eigenvalue weighted by Gasteiger charge is 2.31. The molecule has 0 aliphatic carbocycles. The van der Waals surface area contributed by atoms with Crippen LogP contribution < -0.4 is 4.74 Å². The summed E-state index contributed by atoms with van der Waals surface area (Å²) in [5, 5.41) is 6.71. The fraction of sp³-hybridized carbons (Fsp3) is 0.387. The van der Waals surface area contributed by atoms with E-state index in [-0.39, 0.29) is 12.0 Å². The van der Waals surface area contributed by atoms with Gasteiger partial charge < -0.3 is 18.9 Å². The van der Waals surface area contributed by atoms with Crippen LogP contribution in [-0.4, -0.2) is 66.9 Å². The molecular formula is C31H33N7O3. The van der Waals surface area contributed by atoms with Crippen LogP contribution >= 0.6 is 0 Å². The van der Waals surface area contributed by atoms with Crippen LogP contribution in [0.5, 0.6) is 5.75 Å². The molecule has 0 spiro atoms. The second kappa shape index (κ2) is 9.95. The number of rotatable bonds is 5. The summed E-state index contributed by atoms with van der Waals surface area (Å²) in [5.41, 5.74) is 6.77. The molecule has 10 nitrogen and oxygen atoms in total. The molecule has 5 aromatic rings. The van der Waals surface area contributed by atoms with E-state index in [0.717, 1.165) is 94.5 Å². The number of aromatic nitrogens is 6. The smallest absolute Gasteiger partial charge is 0.270 e. The van der Waals surface area contributed by atoms with Crippen LogP contribution in [0.25, 0.3) is 38.9 Å². The summed E-state index contributed by atoms with van der Waals surface area (Å²) in [6, 6.07) is 5.87. The molecular weight excluding hydrogens is 518 g/mol. The second-order valence-electron chi connectivity index (χ2n) is 11.0. The van der Waals surface area contributed by atoms with E-state index in [1.807, 2.05) is 59.4 Å². The monoisotopic (exact) mass is 551 g/mol. The van der Waals surface area contributed by atoms with Crippen LogP contribution in [0.4, 0.5) is 0 Å². The Kier molecular flexibility index (Phi) is 6.23. The summed E-state index contributed by atoms with van der Waals surface area (Å²) in [5.74, 6) is 1.46. The van der Waals surface area contributed by atoms with Gasteiger partial charge in [-0.05, 0) is 57.2 Å². The number of hydrogen-bond donors (Lipinski definition) is 0. The third-order valence-electron chi connectivity index (χ3n) is 8.52. The molecule has 0 saturated carbocycles. The molecule has 1 atom stereocenters. The Morgan fingerprint density at radius 3 is 2.66 bits per heavy atom. The minimum atomic E-state index is -0.131. The Morgan fingerprint density at radius 1 is 1.07 bits per heavy atom. The zero-order valence-corrected chi connectivity index (χ0v) is 23.8. The maximum absolute atomic E-state index is 13.7. The van der Waals surface area contributed by atoms with E-state index in [2.05, 4.69) is 4.98 Å². The molecule has 7 heterocycles. The van der Waals surface area contributed by atoms with Crippen LogP contribution in [0.3, 0.4) is 0 Å². The van der Waals surface area contributed by atoms with Crippen LogP contribution in [0.1, 0.15) is 59.2 Å². The van der Waals surface area contributed by atoms with Gasteiger partial charge in [-0.3, -0.25) is 14.8 Å². The Balaban J connectivity index is 1.44. The molecule has 210 valence electrons. The van der Waals surface area contributed by atoms with Gasteiger partial charge in [-0.15, -0.1) is 0 Å². The number of nitrogens with zero attached hydrogens (tertiary/aromatic N) is 7. The van der Waals surface area contributed by atoms with Gasteiger partial charge in [-0.2, -0.15) is 5.10 Å². The summed E-state index contributed by atoms with van der Waals surface area (Å²) >= 11 is 0. The molecule has 10 heteroatoms. The van der Waals surface area contributed by atoms with Gasteiger partial charge in [0.15, 0.2) is 5.82 Å². The molecule has 2 saturated heterocycles. The van der Waals surface area contributed by atoms with Gasteiger partial charge in [0.25, 0.3) is 5.91 Å². The highest BCUT2D eigenvalue weighted by atomic mass is 16.5. The normalized spacial score (nSPS) is 17.3. The largest absolute Gasteiger partial charge is 0.496 e. The molecule has 2 fully saturated rings. The number of likely N-dealkylation sites (tertiary alicyclic amines) is 1. The number of aryl methyl sites for hydroxylation is 3. The zero-order chi connectivity index (χ0) is 28.2. The Bertz CT molecular complexity index is 1810. The maximum atomic E-state index is 13.7. The average molecular weight is 552 g/mol. The summed E-state index contributed by atoms with van der Waals surface area (Å²) < 4.78 is 15.6. The number of carbonyl (C=O) groups excluding carboxylic acids is 1. The van der Waals surface area contributed by atoms with Crippen molar-refractivity contribution in [2.24, 2.45) is 7.05 Å². The van der Waals surface area contributed by atoms with E-state index in [1.54, 1.807) is 19.5 Å². The standard InChI is InChI=1S/C31H33N7O3/c1-18-28-24(36(3)30(18)31(39)37-11-5-6-12-37)15-27(35-29(28)26-8-7-13-41-26)38-23-14-22(34-19(2)20(23)17-33-38)21-16-32-10-9-25(21)40-4/h9-10,14-17,26H,5-8,11-13H2,1-4H3. The Labute approximate surface area is 237 Å². The van der Waals surface area contributed by atoms with Crippen molar-refractivity contribution in [3.05, 3.63) is 59.4 Å². The van der Waals surface area contributed by atoms with E-state index >= 15 is 0 Å². The van der Waals surface area contributed by atoms with Gasteiger partial charge in [0.2, 0.25) is 0 Å². The van der Waals surface area contributed by atoms with Gasteiger partial charge in [0, 0.05) is 61.7 Å². The minimum Gasteiger partial charge on any atom is -0.496 e. The van der Waals surface area contributed by atoms with E-state index in [4.69, 9.17) is 24.5 Å². The quantitative estimate of drug-likeness (QED) is 0.300. The molecule has 2 aliphatic rings. The molecule has 7 rings (SSSR count). The number of ether oxygens (including phenoxy) is 2. The SMILES string of the molecule is COc1ccncc1-c1cc2c(cnn2-c2cc3c(c(C4CCCO4)n2)c(C)c(C(=O)N2CCCC2)n3C)c(C)n1. The van der Waals surface area contributed by atoms with Gasteiger partial charge in [-0.25, -0.2) is 9.67 Å². The van der Waals surface area contributed by atoms with Crippen molar-refractivity contribution in [1.82, 2.24) is 34.2 Å².